The van der Waals surface area contributed by atoms with Gasteiger partial charge in [-0.3, -0.25) is 0 Å². The summed E-state index contributed by atoms with van der Waals surface area (Å²) in [6, 6.07) is 14.4. The number of para-hydroxylation sites is 1. The maximum Gasteiger partial charge on any atom is 0.167 e. The van der Waals surface area contributed by atoms with Crippen LogP contribution in [0.1, 0.15) is 0 Å². The smallest absolute Gasteiger partial charge is 0.167 e. The van der Waals surface area contributed by atoms with Gasteiger partial charge < -0.3 is 19.5 Å². The maximum atomic E-state index is 5.71. The highest BCUT2D eigenvalue weighted by molar-refractivity contribution is 5.92. The molecule has 5 rings (SSSR count). The summed E-state index contributed by atoms with van der Waals surface area (Å²) in [5.74, 6) is 2.00. The minimum Gasteiger partial charge on any atom is -0.496 e. The third-order valence-corrected chi connectivity index (χ3v) is 5.69. The Morgan fingerprint density at radius 3 is 2.53 bits per heavy atom. The molecular weight excluding hydrogens is 376 g/mol. The summed E-state index contributed by atoms with van der Waals surface area (Å²) in [4.78, 5) is 21.6. The van der Waals surface area contributed by atoms with Gasteiger partial charge in [-0.05, 0) is 31.3 Å². The van der Waals surface area contributed by atoms with Gasteiger partial charge in [0.05, 0.1) is 18.2 Å². The summed E-state index contributed by atoms with van der Waals surface area (Å²) >= 11 is 0. The fourth-order valence-electron chi connectivity index (χ4n) is 3.95. The van der Waals surface area contributed by atoms with Crippen LogP contribution in [0.2, 0.25) is 0 Å². The van der Waals surface area contributed by atoms with Crippen molar-refractivity contribution in [3.05, 3.63) is 55.0 Å². The Labute approximate surface area is 175 Å². The normalized spacial score (nSPS) is 14.9. The monoisotopic (exact) mass is 400 g/mol. The SMILES string of the molecule is COc1cc(N2CCN(C)CC2)ccc1-c1ncnc(-c2cccc3cc[nH]c23)n1. The van der Waals surface area contributed by atoms with Gasteiger partial charge in [-0.25, -0.2) is 15.0 Å². The van der Waals surface area contributed by atoms with Crippen LogP contribution in [-0.4, -0.2) is 65.2 Å². The van der Waals surface area contributed by atoms with E-state index < -0.39 is 0 Å². The molecular formula is C23H24N6O. The van der Waals surface area contributed by atoms with E-state index in [1.165, 1.54) is 0 Å². The largest absolute Gasteiger partial charge is 0.496 e. The average Bonchev–Trinajstić information content (AvgIpc) is 3.28. The average molecular weight is 400 g/mol. The molecule has 1 aliphatic heterocycles. The molecule has 4 aromatic rings. The van der Waals surface area contributed by atoms with Gasteiger partial charge in [-0.1, -0.05) is 12.1 Å². The Balaban J connectivity index is 1.51. The number of nitrogens with one attached hydrogen (secondary N) is 1. The number of nitrogens with zero attached hydrogens (tertiary/aromatic N) is 5. The second-order valence-electron chi connectivity index (χ2n) is 7.56. The van der Waals surface area contributed by atoms with Crippen LogP contribution >= 0.6 is 0 Å². The van der Waals surface area contributed by atoms with E-state index in [1.807, 2.05) is 30.5 Å². The van der Waals surface area contributed by atoms with Crippen molar-refractivity contribution in [1.82, 2.24) is 24.8 Å². The lowest BCUT2D eigenvalue weighted by atomic mass is 10.1. The number of rotatable bonds is 4. The number of benzene rings is 2. The highest BCUT2D eigenvalue weighted by Crippen LogP contribution is 2.33. The number of hydrogen-bond donors (Lipinski definition) is 1. The van der Waals surface area contributed by atoms with Crippen LogP contribution < -0.4 is 9.64 Å². The number of methoxy groups -OCH3 is 1. The van der Waals surface area contributed by atoms with Crippen molar-refractivity contribution < 1.29 is 4.74 Å². The Morgan fingerprint density at radius 2 is 1.73 bits per heavy atom. The van der Waals surface area contributed by atoms with Gasteiger partial charge in [-0.15, -0.1) is 0 Å². The first-order valence-corrected chi connectivity index (χ1v) is 10.1. The minimum absolute atomic E-state index is 0.602. The van der Waals surface area contributed by atoms with Crippen molar-refractivity contribution in [3.63, 3.8) is 0 Å². The van der Waals surface area contributed by atoms with Crippen molar-refractivity contribution in [2.45, 2.75) is 0 Å². The zero-order valence-corrected chi connectivity index (χ0v) is 17.2. The number of anilines is 1. The summed E-state index contributed by atoms with van der Waals surface area (Å²) in [6.45, 7) is 4.14. The van der Waals surface area contributed by atoms with E-state index in [4.69, 9.17) is 9.72 Å². The molecule has 0 spiro atoms. The van der Waals surface area contributed by atoms with Crippen LogP contribution in [0.3, 0.4) is 0 Å². The zero-order valence-electron chi connectivity index (χ0n) is 17.2. The molecule has 0 bridgehead atoms. The molecule has 7 nitrogen and oxygen atoms in total. The van der Waals surface area contributed by atoms with Gasteiger partial charge in [0.15, 0.2) is 11.6 Å². The number of aromatic amines is 1. The third kappa shape index (κ3) is 3.37. The summed E-state index contributed by atoms with van der Waals surface area (Å²) in [6.07, 6.45) is 3.49. The highest BCUT2D eigenvalue weighted by Gasteiger charge is 2.18. The van der Waals surface area contributed by atoms with Gasteiger partial charge in [0, 0.05) is 55.1 Å². The van der Waals surface area contributed by atoms with Crippen LogP contribution in [0.5, 0.6) is 5.75 Å². The minimum atomic E-state index is 0.602. The molecule has 1 aliphatic rings. The Bertz CT molecular complexity index is 1180. The van der Waals surface area contributed by atoms with Crippen LogP contribution in [0.4, 0.5) is 5.69 Å². The van der Waals surface area contributed by atoms with Gasteiger partial charge in [0.25, 0.3) is 0 Å². The lowest BCUT2D eigenvalue weighted by Crippen LogP contribution is -2.44. The zero-order chi connectivity index (χ0) is 20.5. The molecule has 2 aromatic carbocycles. The number of hydrogen-bond acceptors (Lipinski definition) is 6. The van der Waals surface area contributed by atoms with Gasteiger partial charge in [0.2, 0.25) is 0 Å². The standard InChI is InChI=1S/C23H24N6O/c1-28-10-12-29(13-11-28)17-6-7-18(20(14-17)30-2)22-25-15-26-23(27-22)19-5-3-4-16-8-9-24-21(16)19/h3-9,14-15,24H,10-13H2,1-2H3. The number of H-pyrrole nitrogens is 1. The lowest BCUT2D eigenvalue weighted by Gasteiger charge is -2.34. The third-order valence-electron chi connectivity index (χ3n) is 5.69. The molecule has 1 fully saturated rings. The molecule has 0 radical (unpaired) electrons. The molecule has 1 saturated heterocycles. The lowest BCUT2D eigenvalue weighted by molar-refractivity contribution is 0.312. The summed E-state index contributed by atoms with van der Waals surface area (Å²) in [7, 11) is 3.85. The number of aromatic nitrogens is 4. The van der Waals surface area contributed by atoms with Crippen LogP contribution in [0.15, 0.2) is 55.0 Å². The highest BCUT2D eigenvalue weighted by atomic mass is 16.5. The van der Waals surface area contributed by atoms with Crippen molar-refractivity contribution in [2.75, 3.05) is 45.2 Å². The molecule has 0 unspecified atom stereocenters. The van der Waals surface area contributed by atoms with Gasteiger partial charge in [0.1, 0.15) is 12.1 Å². The molecule has 30 heavy (non-hydrogen) atoms. The molecule has 152 valence electrons. The summed E-state index contributed by atoms with van der Waals surface area (Å²) in [5.41, 5.74) is 3.99. The first kappa shape index (κ1) is 18.6. The molecule has 0 atom stereocenters. The van der Waals surface area contributed by atoms with E-state index in [2.05, 4.69) is 50.0 Å². The number of ether oxygens (including phenoxy) is 1. The molecule has 7 heteroatoms. The molecule has 0 aliphatic carbocycles. The number of piperazine rings is 1. The fourth-order valence-corrected chi connectivity index (χ4v) is 3.95. The second-order valence-corrected chi connectivity index (χ2v) is 7.56. The van der Waals surface area contributed by atoms with Crippen molar-refractivity contribution in [2.24, 2.45) is 0 Å². The summed E-state index contributed by atoms with van der Waals surface area (Å²) < 4.78 is 5.71. The van der Waals surface area contributed by atoms with E-state index in [0.29, 0.717) is 11.6 Å². The molecule has 0 saturated carbocycles. The van der Waals surface area contributed by atoms with Gasteiger partial charge >= 0.3 is 0 Å². The van der Waals surface area contributed by atoms with Crippen molar-refractivity contribution in [1.29, 1.82) is 0 Å². The van der Waals surface area contributed by atoms with E-state index in [0.717, 1.165) is 59.6 Å². The molecule has 3 heterocycles. The van der Waals surface area contributed by atoms with Crippen LogP contribution in [-0.2, 0) is 0 Å². The van der Waals surface area contributed by atoms with Crippen molar-refractivity contribution in [3.8, 4) is 28.5 Å². The Morgan fingerprint density at radius 1 is 0.933 bits per heavy atom. The molecule has 1 N–H and O–H groups in total. The second kappa shape index (κ2) is 7.76. The number of likely N-dealkylation sites (N-methyl/N-ethyl adjacent to an activating group) is 1. The molecule has 2 aromatic heterocycles. The van der Waals surface area contributed by atoms with Crippen LogP contribution in [0, 0.1) is 0 Å². The predicted octanol–water partition coefficient (Wildman–Crippen LogP) is 3.45. The van der Waals surface area contributed by atoms with E-state index >= 15 is 0 Å². The van der Waals surface area contributed by atoms with Crippen LogP contribution in [0.25, 0.3) is 33.7 Å². The first-order valence-electron chi connectivity index (χ1n) is 10.1. The molecule has 0 amide bonds. The predicted molar refractivity (Wildman–Crippen MR) is 119 cm³/mol. The quantitative estimate of drug-likeness (QED) is 0.566. The number of fused-ring (bicyclic) bond motifs is 1. The Kier molecular flexibility index (Phi) is 4.80. The van der Waals surface area contributed by atoms with E-state index in [-0.39, 0.29) is 0 Å². The maximum absolute atomic E-state index is 5.71. The van der Waals surface area contributed by atoms with E-state index in [9.17, 15) is 0 Å². The Hall–Kier alpha value is -3.45. The fraction of sp³-hybridized carbons (Fsp3) is 0.261. The summed E-state index contributed by atoms with van der Waals surface area (Å²) in [5, 5.41) is 1.13. The topological polar surface area (TPSA) is 70.2 Å². The van der Waals surface area contributed by atoms with Gasteiger partial charge in [-0.2, -0.15) is 0 Å². The first-order chi connectivity index (χ1) is 14.7. The van der Waals surface area contributed by atoms with E-state index in [1.54, 1.807) is 13.4 Å². The van der Waals surface area contributed by atoms with Crippen molar-refractivity contribution >= 4 is 16.6 Å².